The molecule has 0 radical (unpaired) electrons. The first-order valence-corrected chi connectivity index (χ1v) is 9.81. The number of aromatic nitrogens is 3. The van der Waals surface area contributed by atoms with Gasteiger partial charge in [-0.1, -0.05) is 11.6 Å². The maximum atomic E-state index is 12.3. The van der Waals surface area contributed by atoms with E-state index in [1.807, 2.05) is 44.4 Å². The molecule has 0 spiro atoms. The number of likely N-dealkylation sites (tertiary alicyclic amines) is 1. The number of carbonyl (C=O) groups excluding carboxylic acids is 1. The first-order chi connectivity index (χ1) is 13.2. The molecule has 8 heteroatoms. The van der Waals surface area contributed by atoms with Gasteiger partial charge in [-0.2, -0.15) is 0 Å². The lowest BCUT2D eigenvalue weighted by Crippen LogP contribution is -2.41. The van der Waals surface area contributed by atoms with E-state index in [2.05, 4.69) is 10.2 Å². The summed E-state index contributed by atoms with van der Waals surface area (Å²) in [7, 11) is 1.62. The Morgan fingerprint density at radius 2 is 1.89 bits per heavy atom. The average Bonchev–Trinajstić information content (AvgIpc) is 3.01. The Morgan fingerprint density at radius 3 is 2.50 bits per heavy atom. The molecule has 1 aromatic heterocycles. The summed E-state index contributed by atoms with van der Waals surface area (Å²) in [5.74, 6) is 2.52. The van der Waals surface area contributed by atoms with Gasteiger partial charge in [-0.05, 0) is 52.7 Å². The highest BCUT2D eigenvalue weighted by Gasteiger charge is 2.30. The third-order valence-corrected chi connectivity index (χ3v) is 4.98. The Hall–Kier alpha value is -2.28. The molecule has 0 N–H and O–H groups in total. The van der Waals surface area contributed by atoms with E-state index in [4.69, 9.17) is 21.1 Å². The first kappa shape index (κ1) is 20.5. The van der Waals surface area contributed by atoms with E-state index < -0.39 is 5.60 Å². The maximum Gasteiger partial charge on any atom is 0.410 e. The summed E-state index contributed by atoms with van der Waals surface area (Å²) >= 11 is 6.11. The van der Waals surface area contributed by atoms with Gasteiger partial charge in [0.05, 0.1) is 12.8 Å². The van der Waals surface area contributed by atoms with Crippen LogP contribution in [0, 0.1) is 6.92 Å². The van der Waals surface area contributed by atoms with Gasteiger partial charge in [0.2, 0.25) is 0 Å². The minimum absolute atomic E-state index is 0.195. The van der Waals surface area contributed by atoms with Crippen LogP contribution >= 0.6 is 11.6 Å². The monoisotopic (exact) mass is 406 g/mol. The van der Waals surface area contributed by atoms with Crippen molar-refractivity contribution in [3.05, 3.63) is 34.9 Å². The van der Waals surface area contributed by atoms with Crippen LogP contribution in [0.5, 0.6) is 5.75 Å². The van der Waals surface area contributed by atoms with Crippen LogP contribution < -0.4 is 4.74 Å². The molecule has 0 aliphatic carbocycles. The number of amides is 1. The number of piperidine rings is 1. The van der Waals surface area contributed by atoms with Crippen molar-refractivity contribution in [2.45, 2.75) is 52.1 Å². The molecule has 1 aromatic carbocycles. The number of ether oxygens (including phenoxy) is 2. The summed E-state index contributed by atoms with van der Waals surface area (Å²) in [6.45, 7) is 8.81. The molecular weight excluding hydrogens is 380 g/mol. The Kier molecular flexibility index (Phi) is 5.84. The van der Waals surface area contributed by atoms with Gasteiger partial charge >= 0.3 is 6.09 Å². The highest BCUT2D eigenvalue weighted by molar-refractivity contribution is 6.30. The molecule has 0 bridgehead atoms. The number of carbonyl (C=O) groups is 1. The molecule has 0 saturated carbocycles. The van der Waals surface area contributed by atoms with Crippen molar-refractivity contribution in [1.82, 2.24) is 19.7 Å². The minimum Gasteiger partial charge on any atom is -0.495 e. The second kappa shape index (κ2) is 7.99. The molecule has 1 fully saturated rings. The molecule has 0 atom stereocenters. The largest absolute Gasteiger partial charge is 0.495 e. The lowest BCUT2D eigenvalue weighted by Gasteiger charge is -2.33. The van der Waals surface area contributed by atoms with E-state index in [-0.39, 0.29) is 12.0 Å². The molecule has 3 rings (SSSR count). The zero-order valence-electron chi connectivity index (χ0n) is 17.0. The van der Waals surface area contributed by atoms with Crippen LogP contribution in [0.4, 0.5) is 4.79 Å². The molecule has 1 aliphatic rings. The summed E-state index contributed by atoms with van der Waals surface area (Å²) in [6, 6.07) is 5.52. The van der Waals surface area contributed by atoms with Gasteiger partial charge in [-0.25, -0.2) is 4.79 Å². The smallest absolute Gasteiger partial charge is 0.410 e. The Morgan fingerprint density at radius 1 is 1.21 bits per heavy atom. The van der Waals surface area contributed by atoms with E-state index >= 15 is 0 Å². The first-order valence-electron chi connectivity index (χ1n) is 9.43. The topological polar surface area (TPSA) is 69.5 Å². The van der Waals surface area contributed by atoms with Crippen molar-refractivity contribution in [2.75, 3.05) is 20.2 Å². The van der Waals surface area contributed by atoms with Crippen LogP contribution in [0.1, 0.15) is 51.2 Å². The second-order valence-electron chi connectivity index (χ2n) is 8.00. The standard InChI is InChI=1S/C20H27ClN4O3/c1-13-22-23-18(25(13)16-7-6-15(21)12-17(16)27-5)14-8-10-24(11-9-14)19(26)28-20(2,3)4/h6-7,12,14H,8-11H2,1-5H3. The number of rotatable bonds is 3. The van der Waals surface area contributed by atoms with Crippen molar-refractivity contribution >= 4 is 17.7 Å². The highest BCUT2D eigenvalue weighted by atomic mass is 35.5. The molecule has 0 unspecified atom stereocenters. The fourth-order valence-electron chi connectivity index (χ4n) is 3.42. The number of nitrogens with zero attached hydrogens (tertiary/aromatic N) is 4. The molecule has 2 heterocycles. The highest BCUT2D eigenvalue weighted by Crippen LogP contribution is 2.33. The van der Waals surface area contributed by atoms with Gasteiger partial charge < -0.3 is 14.4 Å². The molecule has 7 nitrogen and oxygen atoms in total. The number of hydrogen-bond acceptors (Lipinski definition) is 5. The number of hydrogen-bond donors (Lipinski definition) is 0. The van der Waals surface area contributed by atoms with Crippen LogP contribution in [0.15, 0.2) is 18.2 Å². The van der Waals surface area contributed by atoms with E-state index in [0.717, 1.165) is 30.2 Å². The Bertz CT molecular complexity index is 852. The van der Waals surface area contributed by atoms with E-state index in [1.54, 1.807) is 18.1 Å². The summed E-state index contributed by atoms with van der Waals surface area (Å²) in [4.78, 5) is 14.1. The van der Waals surface area contributed by atoms with Crippen molar-refractivity contribution in [3.63, 3.8) is 0 Å². The van der Waals surface area contributed by atoms with Gasteiger partial charge in [0, 0.05) is 30.1 Å². The molecule has 2 aromatic rings. The van der Waals surface area contributed by atoms with Gasteiger partial charge in [0.25, 0.3) is 0 Å². The number of methoxy groups -OCH3 is 1. The van der Waals surface area contributed by atoms with Gasteiger partial charge in [-0.15, -0.1) is 10.2 Å². The van der Waals surface area contributed by atoms with E-state index in [9.17, 15) is 4.79 Å². The average molecular weight is 407 g/mol. The molecular formula is C20H27ClN4O3. The van der Waals surface area contributed by atoms with Crippen molar-refractivity contribution in [3.8, 4) is 11.4 Å². The predicted molar refractivity (Wildman–Crippen MR) is 107 cm³/mol. The number of benzene rings is 1. The maximum absolute atomic E-state index is 12.3. The molecule has 1 saturated heterocycles. The SMILES string of the molecule is COc1cc(Cl)ccc1-n1c(C)nnc1C1CCN(C(=O)OC(C)(C)C)CC1. The molecule has 1 aliphatic heterocycles. The Balaban J connectivity index is 1.80. The normalized spacial score (nSPS) is 15.6. The minimum atomic E-state index is -0.490. The number of aryl methyl sites for hydroxylation is 1. The molecule has 28 heavy (non-hydrogen) atoms. The third kappa shape index (κ3) is 4.41. The summed E-state index contributed by atoms with van der Waals surface area (Å²) in [5, 5.41) is 9.33. The van der Waals surface area contributed by atoms with Crippen molar-refractivity contribution in [2.24, 2.45) is 0 Å². The van der Waals surface area contributed by atoms with Crippen LogP contribution in [0.25, 0.3) is 5.69 Å². The van der Waals surface area contributed by atoms with Gasteiger partial charge in [0.1, 0.15) is 23.0 Å². The lowest BCUT2D eigenvalue weighted by atomic mass is 9.96. The predicted octanol–water partition coefficient (Wildman–Crippen LogP) is 4.35. The third-order valence-electron chi connectivity index (χ3n) is 4.74. The van der Waals surface area contributed by atoms with E-state index in [1.165, 1.54) is 0 Å². The van der Waals surface area contributed by atoms with E-state index in [0.29, 0.717) is 23.9 Å². The summed E-state index contributed by atoms with van der Waals surface area (Å²) in [6.07, 6.45) is 1.34. The second-order valence-corrected chi connectivity index (χ2v) is 8.44. The van der Waals surface area contributed by atoms with Crippen LogP contribution in [-0.2, 0) is 4.74 Å². The summed E-state index contributed by atoms with van der Waals surface area (Å²) in [5.41, 5.74) is 0.370. The van der Waals surface area contributed by atoms with Crippen LogP contribution in [0.3, 0.4) is 0 Å². The lowest BCUT2D eigenvalue weighted by molar-refractivity contribution is 0.0203. The van der Waals surface area contributed by atoms with Crippen LogP contribution in [0.2, 0.25) is 5.02 Å². The number of halogens is 1. The quantitative estimate of drug-likeness (QED) is 0.757. The fourth-order valence-corrected chi connectivity index (χ4v) is 3.59. The van der Waals surface area contributed by atoms with Gasteiger partial charge in [-0.3, -0.25) is 4.57 Å². The van der Waals surface area contributed by atoms with Gasteiger partial charge in [0.15, 0.2) is 0 Å². The van der Waals surface area contributed by atoms with Crippen molar-refractivity contribution < 1.29 is 14.3 Å². The molecule has 1 amide bonds. The summed E-state index contributed by atoms with van der Waals surface area (Å²) < 4.78 is 13.0. The fraction of sp³-hybridized carbons (Fsp3) is 0.550. The zero-order chi connectivity index (χ0) is 20.5. The molecule has 152 valence electrons. The van der Waals surface area contributed by atoms with Crippen LogP contribution in [-0.4, -0.2) is 51.6 Å². The zero-order valence-corrected chi connectivity index (χ0v) is 17.8. The van der Waals surface area contributed by atoms with Crippen molar-refractivity contribution in [1.29, 1.82) is 0 Å². The Labute approximate surface area is 170 Å².